The van der Waals surface area contributed by atoms with Gasteiger partial charge in [0.1, 0.15) is 5.82 Å². The summed E-state index contributed by atoms with van der Waals surface area (Å²) < 4.78 is 0. The fourth-order valence-corrected chi connectivity index (χ4v) is 2.39. The Morgan fingerprint density at radius 1 is 1.22 bits per heavy atom. The average molecular weight is 319 g/mol. The van der Waals surface area contributed by atoms with Crippen molar-refractivity contribution in [2.45, 2.75) is 13.8 Å². The molecule has 1 aromatic rings. The molecule has 2 heterocycles. The van der Waals surface area contributed by atoms with E-state index in [-0.39, 0.29) is 12.5 Å². The van der Waals surface area contributed by atoms with Crippen molar-refractivity contribution in [1.82, 2.24) is 20.5 Å². The summed E-state index contributed by atoms with van der Waals surface area (Å²) in [7, 11) is 0. The topological polar surface area (TPSA) is 77.6 Å². The van der Waals surface area contributed by atoms with Crippen molar-refractivity contribution in [1.29, 1.82) is 0 Å². The van der Waals surface area contributed by atoms with Crippen molar-refractivity contribution >= 4 is 17.8 Å². The van der Waals surface area contributed by atoms with Crippen LogP contribution in [0.5, 0.6) is 0 Å². The Hall–Kier alpha value is -2.15. The second kappa shape index (κ2) is 8.47. The highest BCUT2D eigenvalue weighted by Crippen LogP contribution is 2.12. The van der Waals surface area contributed by atoms with Crippen molar-refractivity contribution < 1.29 is 9.59 Å². The van der Waals surface area contributed by atoms with Gasteiger partial charge in [-0.05, 0) is 18.1 Å². The number of urea groups is 1. The van der Waals surface area contributed by atoms with E-state index in [9.17, 15) is 9.59 Å². The maximum absolute atomic E-state index is 11.9. The van der Waals surface area contributed by atoms with Crippen LogP contribution < -0.4 is 15.5 Å². The number of anilines is 1. The van der Waals surface area contributed by atoms with Crippen LogP contribution in [0, 0.1) is 5.92 Å². The van der Waals surface area contributed by atoms with Crippen molar-refractivity contribution in [2.75, 3.05) is 44.2 Å². The molecule has 0 radical (unpaired) electrons. The summed E-state index contributed by atoms with van der Waals surface area (Å²) >= 11 is 0. The lowest BCUT2D eigenvalue weighted by molar-refractivity contribution is -0.121. The van der Waals surface area contributed by atoms with Gasteiger partial charge in [-0.3, -0.25) is 15.0 Å². The van der Waals surface area contributed by atoms with E-state index in [0.29, 0.717) is 12.5 Å². The molecular weight excluding hydrogens is 294 g/mol. The van der Waals surface area contributed by atoms with Gasteiger partial charge in [-0.25, -0.2) is 9.78 Å². The standard InChI is InChI=1S/C16H25N5O2/c1-13(2)11-18-16(23)19-15(22)12-20-7-9-21(10-8-20)14-5-3-4-6-17-14/h3-6,13H,7-12H2,1-2H3,(H2,18,19,22,23). The summed E-state index contributed by atoms with van der Waals surface area (Å²) in [5.41, 5.74) is 0. The van der Waals surface area contributed by atoms with E-state index < -0.39 is 6.03 Å². The van der Waals surface area contributed by atoms with Crippen LogP contribution in [0.1, 0.15) is 13.8 Å². The molecule has 3 amide bonds. The smallest absolute Gasteiger partial charge is 0.321 e. The predicted molar refractivity (Wildman–Crippen MR) is 89.3 cm³/mol. The monoisotopic (exact) mass is 319 g/mol. The second-order valence-corrected chi connectivity index (χ2v) is 6.10. The van der Waals surface area contributed by atoms with Gasteiger partial charge >= 0.3 is 6.03 Å². The molecular formula is C16H25N5O2. The Kier molecular flexibility index (Phi) is 6.34. The van der Waals surface area contributed by atoms with Crippen molar-refractivity contribution in [3.8, 4) is 0 Å². The zero-order valence-electron chi connectivity index (χ0n) is 13.8. The normalized spacial score (nSPS) is 15.5. The number of amides is 3. The lowest BCUT2D eigenvalue weighted by atomic mass is 10.2. The van der Waals surface area contributed by atoms with E-state index in [1.807, 2.05) is 36.9 Å². The molecule has 0 bridgehead atoms. The van der Waals surface area contributed by atoms with Gasteiger partial charge in [0.25, 0.3) is 0 Å². The first-order valence-electron chi connectivity index (χ1n) is 8.00. The van der Waals surface area contributed by atoms with Gasteiger partial charge < -0.3 is 10.2 Å². The van der Waals surface area contributed by atoms with E-state index in [1.54, 1.807) is 6.20 Å². The van der Waals surface area contributed by atoms with Crippen LogP contribution >= 0.6 is 0 Å². The largest absolute Gasteiger partial charge is 0.354 e. The van der Waals surface area contributed by atoms with Crippen LogP contribution in [0.2, 0.25) is 0 Å². The minimum absolute atomic E-state index is 0.241. The molecule has 2 rings (SSSR count). The van der Waals surface area contributed by atoms with Crippen LogP contribution in [0.15, 0.2) is 24.4 Å². The Bertz CT molecular complexity index is 512. The predicted octanol–water partition coefficient (Wildman–Crippen LogP) is 0.685. The molecule has 0 aromatic carbocycles. The summed E-state index contributed by atoms with van der Waals surface area (Å²) in [6.07, 6.45) is 1.78. The number of carbonyl (C=O) groups is 2. The van der Waals surface area contributed by atoms with Crippen LogP contribution in [-0.4, -0.2) is 61.1 Å². The number of aromatic nitrogens is 1. The Balaban J connectivity index is 1.69. The molecule has 0 unspecified atom stereocenters. The summed E-state index contributed by atoms with van der Waals surface area (Å²) in [6.45, 7) is 8.00. The minimum Gasteiger partial charge on any atom is -0.354 e. The molecule has 23 heavy (non-hydrogen) atoms. The van der Waals surface area contributed by atoms with E-state index in [2.05, 4.69) is 20.5 Å². The zero-order chi connectivity index (χ0) is 16.7. The third kappa shape index (κ3) is 5.86. The number of nitrogens with zero attached hydrogens (tertiary/aromatic N) is 3. The maximum atomic E-state index is 11.9. The van der Waals surface area contributed by atoms with Gasteiger partial charge in [-0.15, -0.1) is 0 Å². The molecule has 1 aliphatic heterocycles. The van der Waals surface area contributed by atoms with Crippen LogP contribution in [-0.2, 0) is 4.79 Å². The number of hydrogen-bond acceptors (Lipinski definition) is 5. The number of piperazine rings is 1. The highest BCUT2D eigenvalue weighted by atomic mass is 16.2. The summed E-state index contributed by atoms with van der Waals surface area (Å²) in [4.78, 5) is 32.0. The van der Waals surface area contributed by atoms with Gasteiger partial charge in [0.2, 0.25) is 5.91 Å². The quantitative estimate of drug-likeness (QED) is 0.835. The Morgan fingerprint density at radius 2 is 1.96 bits per heavy atom. The molecule has 0 atom stereocenters. The number of pyridine rings is 1. The van der Waals surface area contributed by atoms with Crippen molar-refractivity contribution in [3.05, 3.63) is 24.4 Å². The van der Waals surface area contributed by atoms with E-state index in [4.69, 9.17) is 0 Å². The maximum Gasteiger partial charge on any atom is 0.321 e. The van der Waals surface area contributed by atoms with E-state index in [0.717, 1.165) is 32.0 Å². The first-order chi connectivity index (χ1) is 11.0. The fourth-order valence-electron chi connectivity index (χ4n) is 2.39. The van der Waals surface area contributed by atoms with Gasteiger partial charge in [-0.1, -0.05) is 19.9 Å². The van der Waals surface area contributed by atoms with E-state index in [1.165, 1.54) is 0 Å². The Labute approximate surface area is 137 Å². The highest BCUT2D eigenvalue weighted by Gasteiger charge is 2.20. The molecule has 2 N–H and O–H groups in total. The van der Waals surface area contributed by atoms with Gasteiger partial charge in [0, 0.05) is 38.9 Å². The van der Waals surface area contributed by atoms with Gasteiger partial charge in [0.05, 0.1) is 6.54 Å². The third-order valence-corrected chi connectivity index (χ3v) is 3.64. The van der Waals surface area contributed by atoms with Crippen LogP contribution in [0.4, 0.5) is 10.6 Å². The fraction of sp³-hybridized carbons (Fsp3) is 0.562. The SMILES string of the molecule is CC(C)CNC(=O)NC(=O)CN1CCN(c2ccccn2)CC1. The van der Waals surface area contributed by atoms with Crippen LogP contribution in [0.3, 0.4) is 0 Å². The number of nitrogens with one attached hydrogen (secondary N) is 2. The number of imide groups is 1. The average Bonchev–Trinajstić information content (AvgIpc) is 2.54. The number of hydrogen-bond donors (Lipinski definition) is 2. The van der Waals surface area contributed by atoms with Gasteiger partial charge in [-0.2, -0.15) is 0 Å². The lowest BCUT2D eigenvalue weighted by Gasteiger charge is -2.34. The lowest BCUT2D eigenvalue weighted by Crippen LogP contribution is -2.51. The molecule has 0 spiro atoms. The number of rotatable bonds is 5. The van der Waals surface area contributed by atoms with Gasteiger partial charge in [0.15, 0.2) is 0 Å². The Morgan fingerprint density at radius 3 is 2.57 bits per heavy atom. The molecule has 7 nitrogen and oxygen atoms in total. The third-order valence-electron chi connectivity index (χ3n) is 3.64. The second-order valence-electron chi connectivity index (χ2n) is 6.10. The summed E-state index contributed by atoms with van der Waals surface area (Å²) in [5, 5.41) is 5.04. The molecule has 0 aliphatic carbocycles. The minimum atomic E-state index is -0.421. The first-order valence-corrected chi connectivity index (χ1v) is 8.00. The zero-order valence-corrected chi connectivity index (χ0v) is 13.8. The van der Waals surface area contributed by atoms with Crippen LogP contribution in [0.25, 0.3) is 0 Å². The molecule has 1 fully saturated rings. The molecule has 1 aliphatic rings. The number of carbonyl (C=O) groups excluding carboxylic acids is 2. The molecule has 126 valence electrons. The van der Waals surface area contributed by atoms with Crippen molar-refractivity contribution in [2.24, 2.45) is 5.92 Å². The molecule has 1 aromatic heterocycles. The highest BCUT2D eigenvalue weighted by molar-refractivity contribution is 5.95. The van der Waals surface area contributed by atoms with Crippen molar-refractivity contribution in [3.63, 3.8) is 0 Å². The molecule has 1 saturated heterocycles. The van der Waals surface area contributed by atoms with E-state index >= 15 is 0 Å². The summed E-state index contributed by atoms with van der Waals surface area (Å²) in [6, 6.07) is 5.43. The molecule has 7 heteroatoms. The first kappa shape index (κ1) is 17.2. The summed E-state index contributed by atoms with van der Waals surface area (Å²) in [5.74, 6) is 1.05. The molecule has 0 saturated carbocycles.